The van der Waals surface area contributed by atoms with Crippen LogP contribution in [0.2, 0.25) is 0 Å². The van der Waals surface area contributed by atoms with E-state index in [4.69, 9.17) is 0 Å². The first kappa shape index (κ1) is 16.4. The summed E-state index contributed by atoms with van der Waals surface area (Å²) in [6.07, 6.45) is 2.50. The molecule has 2 aromatic rings. The van der Waals surface area contributed by atoms with E-state index in [-0.39, 0.29) is 12.1 Å². The number of pyridine rings is 1. The summed E-state index contributed by atoms with van der Waals surface area (Å²) in [7, 11) is -3.30. The van der Waals surface area contributed by atoms with Crippen LogP contribution in [-0.2, 0) is 9.84 Å². The third kappa shape index (κ3) is 3.41. The van der Waals surface area contributed by atoms with E-state index in [1.807, 2.05) is 0 Å². The van der Waals surface area contributed by atoms with Crippen LogP contribution in [0, 0.1) is 5.82 Å². The van der Waals surface area contributed by atoms with Crippen LogP contribution >= 0.6 is 0 Å². The van der Waals surface area contributed by atoms with Gasteiger partial charge in [0.05, 0.1) is 15.8 Å². The number of aromatic nitrogens is 1. The predicted molar refractivity (Wildman–Crippen MR) is 83.0 cm³/mol. The molecule has 22 heavy (non-hydrogen) atoms. The Bertz CT molecular complexity index is 832. The van der Waals surface area contributed by atoms with E-state index in [1.54, 1.807) is 0 Å². The molecule has 0 fully saturated rings. The number of nitrogens with one attached hydrogen (secondary N) is 1. The standard InChI is InChI=1S/C15H17FN2O3S/c1-15(2,22(3,20)21)9-18-14(19)11-6-10-7-12(16)4-5-13(10)17-8-11/h4-8H,9H2,1-3H3,(H,18,19). The number of carbonyl (C=O) groups is 1. The van der Waals surface area contributed by atoms with E-state index >= 15 is 0 Å². The Morgan fingerprint density at radius 1 is 1.32 bits per heavy atom. The van der Waals surface area contributed by atoms with Gasteiger partial charge in [0.1, 0.15) is 5.82 Å². The van der Waals surface area contributed by atoms with Crippen LogP contribution in [0.5, 0.6) is 0 Å². The average molecular weight is 324 g/mol. The number of hydrogen-bond donors (Lipinski definition) is 1. The molecule has 0 aliphatic carbocycles. The maximum absolute atomic E-state index is 13.2. The molecule has 0 atom stereocenters. The monoisotopic (exact) mass is 324 g/mol. The highest BCUT2D eigenvalue weighted by atomic mass is 32.2. The molecule has 7 heteroatoms. The van der Waals surface area contributed by atoms with Crippen molar-refractivity contribution in [2.24, 2.45) is 0 Å². The molecule has 5 nitrogen and oxygen atoms in total. The van der Waals surface area contributed by atoms with E-state index in [1.165, 1.54) is 44.3 Å². The van der Waals surface area contributed by atoms with Gasteiger partial charge in [-0.25, -0.2) is 12.8 Å². The molecule has 0 bridgehead atoms. The first-order valence-electron chi connectivity index (χ1n) is 6.63. The van der Waals surface area contributed by atoms with E-state index in [2.05, 4.69) is 10.3 Å². The van der Waals surface area contributed by atoms with Crippen LogP contribution in [0.15, 0.2) is 30.5 Å². The SMILES string of the molecule is CC(C)(CNC(=O)c1cnc2ccc(F)cc2c1)S(C)(=O)=O. The van der Waals surface area contributed by atoms with Crippen molar-refractivity contribution in [2.45, 2.75) is 18.6 Å². The van der Waals surface area contributed by atoms with Gasteiger partial charge < -0.3 is 5.32 Å². The van der Waals surface area contributed by atoms with Gasteiger partial charge in [-0.2, -0.15) is 0 Å². The summed E-state index contributed by atoms with van der Waals surface area (Å²) in [4.78, 5) is 16.2. The van der Waals surface area contributed by atoms with Crippen LogP contribution in [0.4, 0.5) is 4.39 Å². The molecule has 0 radical (unpaired) electrons. The Hall–Kier alpha value is -2.02. The average Bonchev–Trinajstić information content (AvgIpc) is 2.42. The number of carbonyl (C=O) groups excluding carboxylic acids is 1. The van der Waals surface area contributed by atoms with Crippen LogP contribution in [0.1, 0.15) is 24.2 Å². The molecule has 1 amide bonds. The number of benzene rings is 1. The van der Waals surface area contributed by atoms with Gasteiger partial charge in [0.2, 0.25) is 0 Å². The van der Waals surface area contributed by atoms with E-state index in [9.17, 15) is 17.6 Å². The fraction of sp³-hybridized carbons (Fsp3) is 0.333. The Kier molecular flexibility index (Phi) is 4.19. The van der Waals surface area contributed by atoms with Crippen LogP contribution < -0.4 is 5.32 Å². The van der Waals surface area contributed by atoms with Crippen molar-refractivity contribution in [3.63, 3.8) is 0 Å². The lowest BCUT2D eigenvalue weighted by Gasteiger charge is -2.22. The van der Waals surface area contributed by atoms with Crippen LogP contribution in [0.3, 0.4) is 0 Å². The normalized spacial score (nSPS) is 12.4. The van der Waals surface area contributed by atoms with Crippen LogP contribution in [-0.4, -0.2) is 36.9 Å². The number of nitrogens with zero attached hydrogens (tertiary/aromatic N) is 1. The highest BCUT2D eigenvalue weighted by molar-refractivity contribution is 7.92. The summed E-state index contributed by atoms with van der Waals surface area (Å²) in [5, 5.41) is 3.08. The quantitative estimate of drug-likeness (QED) is 0.932. The molecule has 1 aromatic heterocycles. The predicted octanol–water partition coefficient (Wildman–Crippen LogP) is 1.93. The molecule has 0 aliphatic rings. The van der Waals surface area contributed by atoms with Gasteiger partial charge in [-0.1, -0.05) is 0 Å². The highest BCUT2D eigenvalue weighted by Gasteiger charge is 2.30. The maximum Gasteiger partial charge on any atom is 0.252 e. The molecule has 1 heterocycles. The number of halogens is 1. The van der Waals surface area contributed by atoms with Crippen molar-refractivity contribution in [3.05, 3.63) is 41.8 Å². The molecular weight excluding hydrogens is 307 g/mol. The Morgan fingerprint density at radius 3 is 2.64 bits per heavy atom. The van der Waals surface area contributed by atoms with Gasteiger partial charge in [0, 0.05) is 24.4 Å². The van der Waals surface area contributed by atoms with E-state index in [0.717, 1.165) is 6.26 Å². The second-order valence-electron chi connectivity index (χ2n) is 5.78. The fourth-order valence-corrected chi connectivity index (χ4v) is 2.09. The summed E-state index contributed by atoms with van der Waals surface area (Å²) in [6.45, 7) is 3.05. The number of rotatable bonds is 4. The minimum absolute atomic E-state index is 0.0220. The largest absolute Gasteiger partial charge is 0.350 e. The Morgan fingerprint density at radius 2 is 2.00 bits per heavy atom. The van der Waals surface area contributed by atoms with Crippen molar-refractivity contribution >= 4 is 26.6 Å². The second-order valence-corrected chi connectivity index (χ2v) is 8.43. The van der Waals surface area contributed by atoms with Gasteiger partial charge in [0.25, 0.3) is 5.91 Å². The second kappa shape index (κ2) is 5.64. The third-order valence-corrected chi connectivity index (χ3v) is 5.74. The lowest BCUT2D eigenvalue weighted by molar-refractivity contribution is 0.0950. The van der Waals surface area contributed by atoms with Crippen molar-refractivity contribution < 1.29 is 17.6 Å². The Balaban J connectivity index is 2.20. The Labute approximate surface area is 128 Å². The lowest BCUT2D eigenvalue weighted by atomic mass is 10.1. The highest BCUT2D eigenvalue weighted by Crippen LogP contribution is 2.16. The van der Waals surface area contributed by atoms with E-state index < -0.39 is 26.3 Å². The molecule has 118 valence electrons. The zero-order valence-electron chi connectivity index (χ0n) is 12.6. The molecule has 0 spiro atoms. The van der Waals surface area contributed by atoms with Crippen LogP contribution in [0.25, 0.3) is 10.9 Å². The number of hydrogen-bond acceptors (Lipinski definition) is 4. The zero-order valence-corrected chi connectivity index (χ0v) is 13.4. The minimum atomic E-state index is -3.30. The van der Waals surface area contributed by atoms with Crippen molar-refractivity contribution in [3.8, 4) is 0 Å². The molecular formula is C15H17FN2O3S. The zero-order chi connectivity index (χ0) is 16.5. The summed E-state index contributed by atoms with van der Waals surface area (Å²) in [5.74, 6) is -0.861. The maximum atomic E-state index is 13.2. The molecule has 0 aliphatic heterocycles. The summed E-state index contributed by atoms with van der Waals surface area (Å²) in [5.41, 5.74) is 0.830. The molecule has 1 N–H and O–H groups in total. The molecule has 0 unspecified atom stereocenters. The third-order valence-electron chi connectivity index (χ3n) is 3.58. The molecule has 0 saturated carbocycles. The molecule has 2 rings (SSSR count). The fourth-order valence-electron chi connectivity index (χ4n) is 1.75. The van der Waals surface area contributed by atoms with Gasteiger partial charge in [-0.15, -0.1) is 0 Å². The van der Waals surface area contributed by atoms with Gasteiger partial charge >= 0.3 is 0 Å². The van der Waals surface area contributed by atoms with Gasteiger partial charge in [0.15, 0.2) is 9.84 Å². The lowest BCUT2D eigenvalue weighted by Crippen LogP contribution is -2.43. The summed E-state index contributed by atoms with van der Waals surface area (Å²) in [6, 6.07) is 5.64. The topological polar surface area (TPSA) is 76.1 Å². The van der Waals surface area contributed by atoms with Crippen molar-refractivity contribution in [1.29, 1.82) is 0 Å². The number of fused-ring (bicyclic) bond motifs is 1. The molecule has 0 saturated heterocycles. The number of sulfone groups is 1. The summed E-state index contributed by atoms with van der Waals surface area (Å²) >= 11 is 0. The number of amides is 1. The first-order valence-corrected chi connectivity index (χ1v) is 8.52. The van der Waals surface area contributed by atoms with Gasteiger partial charge in [-0.3, -0.25) is 9.78 Å². The smallest absolute Gasteiger partial charge is 0.252 e. The summed E-state index contributed by atoms with van der Waals surface area (Å²) < 4.78 is 35.4. The first-order chi connectivity index (χ1) is 10.1. The van der Waals surface area contributed by atoms with Crippen molar-refractivity contribution in [1.82, 2.24) is 10.3 Å². The van der Waals surface area contributed by atoms with E-state index in [0.29, 0.717) is 10.9 Å². The van der Waals surface area contributed by atoms with Crippen molar-refractivity contribution in [2.75, 3.05) is 12.8 Å². The molecule has 1 aromatic carbocycles. The van der Waals surface area contributed by atoms with Gasteiger partial charge in [-0.05, 0) is 38.1 Å². The minimum Gasteiger partial charge on any atom is -0.350 e.